The van der Waals surface area contributed by atoms with Gasteiger partial charge in [0.25, 0.3) is 0 Å². The lowest BCUT2D eigenvalue weighted by Crippen LogP contribution is -2.53. The van der Waals surface area contributed by atoms with Gasteiger partial charge in [0.15, 0.2) is 0 Å². The van der Waals surface area contributed by atoms with Crippen LogP contribution in [0, 0.1) is 19.8 Å². The molecule has 0 fully saturated rings. The molecule has 0 saturated heterocycles. The number of sulfonamides is 1. The van der Waals surface area contributed by atoms with Crippen LogP contribution in [0.15, 0.2) is 66.7 Å². The largest absolute Gasteiger partial charge is 0.354 e. The van der Waals surface area contributed by atoms with Gasteiger partial charge < -0.3 is 10.2 Å². The maximum atomic E-state index is 14.2. The zero-order valence-electron chi connectivity index (χ0n) is 24.0. The van der Waals surface area contributed by atoms with E-state index in [1.54, 1.807) is 30.3 Å². The molecule has 41 heavy (non-hydrogen) atoms. The SMILES string of the molecule is Cc1ccc(N(CC(=O)N(Cc2c(Cl)cccc2Cl)[C@H](Cc2ccccc2)C(=O)NCC(C)C)S(C)(=O)=O)cc1C. The Morgan fingerprint density at radius 1 is 0.902 bits per heavy atom. The van der Waals surface area contributed by atoms with Gasteiger partial charge in [-0.25, -0.2) is 8.42 Å². The Bertz CT molecular complexity index is 1460. The fourth-order valence-corrected chi connectivity index (χ4v) is 5.68. The highest BCUT2D eigenvalue weighted by Gasteiger charge is 2.33. The van der Waals surface area contributed by atoms with E-state index >= 15 is 0 Å². The average molecular weight is 619 g/mol. The molecule has 0 aliphatic carbocycles. The van der Waals surface area contributed by atoms with Crippen LogP contribution in [0.2, 0.25) is 10.0 Å². The molecule has 0 aliphatic rings. The van der Waals surface area contributed by atoms with Gasteiger partial charge in [-0.15, -0.1) is 0 Å². The number of nitrogens with zero attached hydrogens (tertiary/aromatic N) is 2. The number of anilines is 1. The van der Waals surface area contributed by atoms with Crippen molar-refractivity contribution in [2.75, 3.05) is 23.7 Å². The first-order chi connectivity index (χ1) is 19.3. The number of amides is 2. The van der Waals surface area contributed by atoms with Gasteiger partial charge in [-0.1, -0.05) is 79.5 Å². The van der Waals surface area contributed by atoms with E-state index in [4.69, 9.17) is 23.2 Å². The van der Waals surface area contributed by atoms with Gasteiger partial charge in [-0.2, -0.15) is 0 Å². The Labute approximate surface area is 253 Å². The Hall–Kier alpha value is -3.07. The highest BCUT2D eigenvalue weighted by atomic mass is 35.5. The van der Waals surface area contributed by atoms with Crippen LogP contribution in [0.1, 0.15) is 36.1 Å². The molecule has 3 aromatic carbocycles. The summed E-state index contributed by atoms with van der Waals surface area (Å²) in [6, 6.07) is 18.6. The van der Waals surface area contributed by atoms with Crippen molar-refractivity contribution in [2.45, 2.75) is 46.7 Å². The van der Waals surface area contributed by atoms with Crippen LogP contribution in [-0.2, 0) is 32.6 Å². The lowest BCUT2D eigenvalue weighted by atomic mass is 10.0. The molecule has 7 nitrogen and oxygen atoms in total. The number of aryl methyl sites for hydroxylation is 2. The second-order valence-electron chi connectivity index (χ2n) is 10.6. The van der Waals surface area contributed by atoms with Crippen molar-refractivity contribution in [3.63, 3.8) is 0 Å². The van der Waals surface area contributed by atoms with E-state index in [1.807, 2.05) is 64.1 Å². The molecule has 0 aromatic heterocycles. The van der Waals surface area contributed by atoms with E-state index in [9.17, 15) is 18.0 Å². The molecule has 2 amide bonds. The minimum Gasteiger partial charge on any atom is -0.354 e. The zero-order valence-corrected chi connectivity index (χ0v) is 26.4. The van der Waals surface area contributed by atoms with Crippen molar-refractivity contribution in [1.29, 1.82) is 0 Å². The maximum Gasteiger partial charge on any atom is 0.244 e. The second kappa shape index (κ2) is 14.2. The number of nitrogens with one attached hydrogen (secondary N) is 1. The summed E-state index contributed by atoms with van der Waals surface area (Å²) in [7, 11) is -3.86. The smallest absolute Gasteiger partial charge is 0.244 e. The molecule has 0 radical (unpaired) electrons. The molecule has 0 bridgehead atoms. The Balaban J connectivity index is 2.10. The molecule has 3 aromatic rings. The highest BCUT2D eigenvalue weighted by Crippen LogP contribution is 2.28. The second-order valence-corrected chi connectivity index (χ2v) is 13.3. The monoisotopic (exact) mass is 617 g/mol. The van der Waals surface area contributed by atoms with E-state index in [1.165, 1.54) is 4.90 Å². The van der Waals surface area contributed by atoms with Crippen LogP contribution in [0.3, 0.4) is 0 Å². The summed E-state index contributed by atoms with van der Waals surface area (Å²) < 4.78 is 27.0. The highest BCUT2D eigenvalue weighted by molar-refractivity contribution is 7.92. The van der Waals surface area contributed by atoms with Crippen LogP contribution in [0.4, 0.5) is 5.69 Å². The number of carbonyl (C=O) groups is 2. The van der Waals surface area contributed by atoms with Gasteiger partial charge in [0, 0.05) is 35.1 Å². The predicted octanol–water partition coefficient (Wildman–Crippen LogP) is 5.79. The summed E-state index contributed by atoms with van der Waals surface area (Å²) in [6.45, 7) is 7.58. The van der Waals surface area contributed by atoms with E-state index in [0.29, 0.717) is 27.8 Å². The van der Waals surface area contributed by atoms with Crippen LogP contribution >= 0.6 is 23.2 Å². The number of halogens is 2. The van der Waals surface area contributed by atoms with Crippen LogP contribution in [-0.4, -0.2) is 50.5 Å². The fourth-order valence-electron chi connectivity index (χ4n) is 4.32. The van der Waals surface area contributed by atoms with Crippen molar-refractivity contribution in [3.8, 4) is 0 Å². The third-order valence-electron chi connectivity index (χ3n) is 6.80. The summed E-state index contributed by atoms with van der Waals surface area (Å²) in [5.41, 5.74) is 3.56. The summed E-state index contributed by atoms with van der Waals surface area (Å²) in [5.74, 6) is -0.731. The lowest BCUT2D eigenvalue weighted by molar-refractivity contribution is -0.140. The van der Waals surface area contributed by atoms with Gasteiger partial charge in [0.1, 0.15) is 12.6 Å². The molecule has 0 heterocycles. The predicted molar refractivity (Wildman–Crippen MR) is 167 cm³/mol. The minimum atomic E-state index is -3.86. The molecule has 0 unspecified atom stereocenters. The number of benzene rings is 3. The topological polar surface area (TPSA) is 86.8 Å². The molecule has 1 atom stereocenters. The Kier molecular flexibility index (Phi) is 11.2. The van der Waals surface area contributed by atoms with Crippen molar-refractivity contribution in [2.24, 2.45) is 5.92 Å². The average Bonchev–Trinajstić information content (AvgIpc) is 2.90. The fraction of sp³-hybridized carbons (Fsp3) is 0.355. The third-order valence-corrected chi connectivity index (χ3v) is 8.65. The molecule has 0 aliphatic heterocycles. The van der Waals surface area contributed by atoms with E-state index in [-0.39, 0.29) is 24.8 Å². The van der Waals surface area contributed by atoms with Gasteiger partial charge in [-0.3, -0.25) is 13.9 Å². The summed E-state index contributed by atoms with van der Waals surface area (Å²) in [5, 5.41) is 3.63. The van der Waals surface area contributed by atoms with Gasteiger partial charge in [-0.05, 0) is 60.7 Å². The summed E-state index contributed by atoms with van der Waals surface area (Å²) in [4.78, 5) is 29.3. The molecular formula is C31H37Cl2N3O4S. The van der Waals surface area contributed by atoms with Crippen molar-refractivity contribution in [1.82, 2.24) is 10.2 Å². The van der Waals surface area contributed by atoms with Crippen LogP contribution in [0.25, 0.3) is 0 Å². The number of hydrogen-bond acceptors (Lipinski definition) is 4. The number of carbonyl (C=O) groups excluding carboxylic acids is 2. The summed E-state index contributed by atoms with van der Waals surface area (Å²) >= 11 is 13.0. The van der Waals surface area contributed by atoms with Crippen LogP contribution in [0.5, 0.6) is 0 Å². The van der Waals surface area contributed by atoms with E-state index in [2.05, 4.69) is 5.32 Å². The quantitative estimate of drug-likeness (QED) is 0.279. The van der Waals surface area contributed by atoms with Gasteiger partial charge in [0.2, 0.25) is 21.8 Å². The molecule has 0 spiro atoms. The summed E-state index contributed by atoms with van der Waals surface area (Å²) in [6.07, 6.45) is 1.27. The molecule has 220 valence electrons. The lowest BCUT2D eigenvalue weighted by Gasteiger charge is -2.34. The van der Waals surface area contributed by atoms with Gasteiger partial charge in [0.05, 0.1) is 11.9 Å². The normalized spacial score (nSPS) is 12.2. The number of rotatable bonds is 12. The molecule has 1 N–H and O–H groups in total. The standard InChI is InChI=1S/C31H37Cl2N3O4S/c1-21(2)18-34-31(38)29(17-24-10-7-6-8-11-24)35(19-26-27(32)12-9-13-28(26)33)30(37)20-36(41(5,39)40)25-15-14-22(3)23(4)16-25/h6-16,21,29H,17-20H2,1-5H3,(H,34,38)/t29-/m1/s1. The number of hydrogen-bond donors (Lipinski definition) is 1. The Morgan fingerprint density at radius 2 is 1.54 bits per heavy atom. The minimum absolute atomic E-state index is 0.0888. The van der Waals surface area contributed by atoms with Gasteiger partial charge >= 0.3 is 0 Å². The molecule has 0 saturated carbocycles. The van der Waals surface area contributed by atoms with Crippen molar-refractivity contribution in [3.05, 3.63) is 99.0 Å². The molecular weight excluding hydrogens is 581 g/mol. The van der Waals surface area contributed by atoms with E-state index < -0.39 is 28.5 Å². The Morgan fingerprint density at radius 3 is 2.10 bits per heavy atom. The maximum absolute atomic E-state index is 14.2. The van der Waals surface area contributed by atoms with Crippen molar-refractivity contribution < 1.29 is 18.0 Å². The first-order valence-electron chi connectivity index (χ1n) is 13.4. The molecule has 3 rings (SSSR count). The van der Waals surface area contributed by atoms with Crippen molar-refractivity contribution >= 4 is 50.7 Å². The molecule has 10 heteroatoms. The van der Waals surface area contributed by atoms with E-state index in [0.717, 1.165) is 27.3 Å². The first-order valence-corrected chi connectivity index (χ1v) is 16.0. The first kappa shape index (κ1) is 32.4. The zero-order chi connectivity index (χ0) is 30.3. The van der Waals surface area contributed by atoms with Crippen LogP contribution < -0.4 is 9.62 Å². The third kappa shape index (κ3) is 8.96.